The van der Waals surface area contributed by atoms with Gasteiger partial charge in [0.2, 0.25) is 0 Å². The number of allylic oxidation sites excluding steroid dienone is 4. The second-order valence-corrected chi connectivity index (χ2v) is 5.20. The van der Waals surface area contributed by atoms with Crippen molar-refractivity contribution in [3.63, 3.8) is 0 Å². The number of Topliss-reactive ketones (excluding diaryl/α,β-unsaturated/α-hetero) is 1. The van der Waals surface area contributed by atoms with Gasteiger partial charge in [0.25, 0.3) is 0 Å². The number of phenolic OH excluding ortho intramolecular Hbond substituents is 1. The van der Waals surface area contributed by atoms with Crippen LogP contribution in [0.2, 0.25) is 0 Å². The van der Waals surface area contributed by atoms with Crippen LogP contribution in [0.25, 0.3) is 0 Å². The van der Waals surface area contributed by atoms with Gasteiger partial charge < -0.3 is 5.11 Å². The molecule has 0 amide bonds. The van der Waals surface area contributed by atoms with Crippen molar-refractivity contribution in [2.45, 2.75) is 33.1 Å². The monoisotopic (exact) mass is 242 g/mol. The maximum Gasteiger partial charge on any atom is 0.172 e. The Labute approximate surface area is 108 Å². The number of rotatable bonds is 1. The summed E-state index contributed by atoms with van der Waals surface area (Å²) in [5, 5.41) is 9.82. The first kappa shape index (κ1) is 12.6. The van der Waals surface area contributed by atoms with Crippen LogP contribution in [0.15, 0.2) is 35.9 Å². The smallest absolute Gasteiger partial charge is 0.172 e. The molecular weight excluding hydrogens is 224 g/mol. The maximum atomic E-state index is 12.4. The van der Waals surface area contributed by atoms with Gasteiger partial charge in [-0.1, -0.05) is 30.4 Å². The molecule has 1 aromatic carbocycles. The molecule has 2 heteroatoms. The Kier molecular flexibility index (Phi) is 2.89. The Morgan fingerprint density at radius 2 is 1.67 bits per heavy atom. The molecule has 0 saturated carbocycles. The molecule has 1 aromatic rings. The summed E-state index contributed by atoms with van der Waals surface area (Å²) in [6.07, 6.45) is 5.69. The highest BCUT2D eigenvalue weighted by molar-refractivity contribution is 6.05. The largest absolute Gasteiger partial charge is 0.507 e. The molecule has 0 aromatic heterocycles. The molecule has 94 valence electrons. The van der Waals surface area contributed by atoms with Gasteiger partial charge in [-0.2, -0.15) is 0 Å². The van der Waals surface area contributed by atoms with Gasteiger partial charge in [0.05, 0.1) is 5.41 Å². The van der Waals surface area contributed by atoms with E-state index in [1.54, 1.807) is 0 Å². The van der Waals surface area contributed by atoms with E-state index in [2.05, 4.69) is 0 Å². The summed E-state index contributed by atoms with van der Waals surface area (Å²) in [5.41, 5.74) is 2.69. The van der Waals surface area contributed by atoms with Crippen LogP contribution < -0.4 is 0 Å². The fraction of sp³-hybridized carbons (Fsp3) is 0.312. The molecule has 0 fully saturated rings. The van der Waals surface area contributed by atoms with E-state index in [0.717, 1.165) is 22.3 Å². The minimum absolute atomic E-state index is 0.120. The third kappa shape index (κ3) is 1.78. The van der Waals surface area contributed by atoms with Gasteiger partial charge in [-0.15, -0.1) is 0 Å². The molecule has 1 aliphatic rings. The lowest BCUT2D eigenvalue weighted by Crippen LogP contribution is -2.32. The summed E-state index contributed by atoms with van der Waals surface area (Å²) in [6, 6.07) is 3.78. The third-order valence-electron chi connectivity index (χ3n) is 3.70. The van der Waals surface area contributed by atoms with E-state index in [0.29, 0.717) is 5.75 Å². The van der Waals surface area contributed by atoms with Gasteiger partial charge in [0.15, 0.2) is 5.78 Å². The highest BCUT2D eigenvalue weighted by Gasteiger charge is 2.35. The minimum atomic E-state index is -0.623. The number of ketones is 1. The molecule has 0 aliphatic heterocycles. The zero-order valence-electron chi connectivity index (χ0n) is 11.2. The number of phenols is 1. The lowest BCUT2D eigenvalue weighted by Gasteiger charge is -2.28. The Hall–Kier alpha value is -1.83. The van der Waals surface area contributed by atoms with E-state index in [4.69, 9.17) is 0 Å². The average Bonchev–Trinajstić information content (AvgIpc) is 2.32. The fourth-order valence-electron chi connectivity index (χ4n) is 2.43. The normalized spacial score (nSPS) is 23.1. The standard InChI is InChI=1S/C16H18O2/c1-10-6-5-7-16(4,15(10)18)13-8-11(2)14(17)12(3)9-13/h5-9,17H,1-4H3. The molecule has 0 spiro atoms. The Bertz CT molecular complexity index is 556. The maximum absolute atomic E-state index is 12.4. The van der Waals surface area contributed by atoms with Crippen molar-refractivity contribution < 1.29 is 9.90 Å². The predicted molar refractivity (Wildman–Crippen MR) is 72.8 cm³/mol. The van der Waals surface area contributed by atoms with Crippen LogP contribution in [-0.2, 0) is 10.2 Å². The van der Waals surface area contributed by atoms with Gasteiger partial charge in [0, 0.05) is 0 Å². The molecule has 0 radical (unpaired) electrons. The zero-order valence-corrected chi connectivity index (χ0v) is 11.2. The van der Waals surface area contributed by atoms with Gasteiger partial charge in [-0.25, -0.2) is 0 Å². The van der Waals surface area contributed by atoms with Gasteiger partial charge in [0.1, 0.15) is 5.75 Å². The first-order valence-electron chi connectivity index (χ1n) is 6.08. The predicted octanol–water partition coefficient (Wildman–Crippen LogP) is 3.35. The first-order chi connectivity index (χ1) is 8.36. The molecule has 2 rings (SSSR count). The Morgan fingerprint density at radius 3 is 2.22 bits per heavy atom. The van der Waals surface area contributed by atoms with Gasteiger partial charge in [-0.3, -0.25) is 4.79 Å². The number of carbonyl (C=O) groups is 1. The van der Waals surface area contributed by atoms with Crippen molar-refractivity contribution in [2.24, 2.45) is 0 Å². The van der Waals surface area contributed by atoms with E-state index >= 15 is 0 Å². The molecular formula is C16H18O2. The zero-order chi connectivity index (χ0) is 13.5. The summed E-state index contributed by atoms with van der Waals surface area (Å²) >= 11 is 0. The highest BCUT2D eigenvalue weighted by atomic mass is 16.3. The molecule has 1 N–H and O–H groups in total. The molecule has 0 saturated heterocycles. The third-order valence-corrected chi connectivity index (χ3v) is 3.70. The van der Waals surface area contributed by atoms with E-state index in [9.17, 15) is 9.90 Å². The van der Waals surface area contributed by atoms with E-state index in [1.165, 1.54) is 0 Å². The van der Waals surface area contributed by atoms with Crippen molar-refractivity contribution in [3.8, 4) is 5.75 Å². The number of hydrogen-bond donors (Lipinski definition) is 1. The summed E-state index contributed by atoms with van der Waals surface area (Å²) in [6.45, 7) is 7.47. The molecule has 0 bridgehead atoms. The van der Waals surface area contributed by atoms with Crippen LogP contribution in [0.1, 0.15) is 30.5 Å². The van der Waals surface area contributed by atoms with Crippen LogP contribution in [-0.4, -0.2) is 10.9 Å². The Balaban J connectivity index is 2.59. The first-order valence-corrected chi connectivity index (χ1v) is 6.08. The van der Waals surface area contributed by atoms with Crippen LogP contribution in [0.3, 0.4) is 0 Å². The van der Waals surface area contributed by atoms with E-state index in [1.807, 2.05) is 58.1 Å². The molecule has 18 heavy (non-hydrogen) atoms. The summed E-state index contributed by atoms with van der Waals surface area (Å²) in [4.78, 5) is 12.4. The van der Waals surface area contributed by atoms with E-state index < -0.39 is 5.41 Å². The van der Waals surface area contributed by atoms with Crippen molar-refractivity contribution >= 4 is 5.78 Å². The van der Waals surface area contributed by atoms with Crippen LogP contribution in [0.5, 0.6) is 5.75 Å². The number of benzene rings is 1. The molecule has 1 aliphatic carbocycles. The average molecular weight is 242 g/mol. The fourth-order valence-corrected chi connectivity index (χ4v) is 2.43. The minimum Gasteiger partial charge on any atom is -0.507 e. The van der Waals surface area contributed by atoms with Crippen LogP contribution in [0.4, 0.5) is 0 Å². The molecule has 1 atom stereocenters. The summed E-state index contributed by atoms with van der Waals surface area (Å²) in [5.74, 6) is 0.427. The lowest BCUT2D eigenvalue weighted by atomic mass is 9.73. The molecule has 0 heterocycles. The Morgan fingerprint density at radius 1 is 1.11 bits per heavy atom. The van der Waals surface area contributed by atoms with Crippen molar-refractivity contribution in [2.75, 3.05) is 0 Å². The van der Waals surface area contributed by atoms with Gasteiger partial charge >= 0.3 is 0 Å². The molecule has 2 nitrogen and oxygen atoms in total. The number of carbonyl (C=O) groups excluding carboxylic acids is 1. The van der Waals surface area contributed by atoms with Crippen molar-refractivity contribution in [1.29, 1.82) is 0 Å². The summed E-state index contributed by atoms with van der Waals surface area (Å²) in [7, 11) is 0. The van der Waals surface area contributed by atoms with Crippen LogP contribution in [0, 0.1) is 13.8 Å². The van der Waals surface area contributed by atoms with Crippen molar-refractivity contribution in [3.05, 3.63) is 52.6 Å². The number of aromatic hydroxyl groups is 1. The number of aryl methyl sites for hydroxylation is 2. The molecule has 1 unspecified atom stereocenters. The second-order valence-electron chi connectivity index (χ2n) is 5.20. The quantitative estimate of drug-likeness (QED) is 0.820. The topological polar surface area (TPSA) is 37.3 Å². The van der Waals surface area contributed by atoms with Crippen molar-refractivity contribution in [1.82, 2.24) is 0 Å². The van der Waals surface area contributed by atoms with Gasteiger partial charge in [-0.05, 0) is 50.0 Å². The van der Waals surface area contributed by atoms with E-state index in [-0.39, 0.29) is 5.78 Å². The summed E-state index contributed by atoms with van der Waals surface area (Å²) < 4.78 is 0. The number of hydrogen-bond acceptors (Lipinski definition) is 2. The highest BCUT2D eigenvalue weighted by Crippen LogP contribution is 2.35. The lowest BCUT2D eigenvalue weighted by molar-refractivity contribution is -0.118. The van der Waals surface area contributed by atoms with Crippen LogP contribution >= 0.6 is 0 Å². The second kappa shape index (κ2) is 4.13. The SMILES string of the molecule is CC1=CC=CC(C)(c2cc(C)c(O)c(C)c2)C1=O.